The zero-order chi connectivity index (χ0) is 21.1. The Morgan fingerprint density at radius 2 is 1.77 bits per heavy atom. The Morgan fingerprint density at radius 1 is 1.07 bits per heavy atom. The predicted molar refractivity (Wildman–Crippen MR) is 111 cm³/mol. The van der Waals surface area contributed by atoms with Crippen LogP contribution in [0.4, 0.5) is 17.1 Å². The summed E-state index contributed by atoms with van der Waals surface area (Å²) < 4.78 is 0.227. The number of nitrogens with zero attached hydrogens (tertiary/aromatic N) is 3. The number of nitrogens with one attached hydrogen (secondary N) is 1. The molecule has 2 aromatic carbocycles. The van der Waals surface area contributed by atoms with E-state index < -0.39 is 10.8 Å². The van der Waals surface area contributed by atoms with Gasteiger partial charge in [-0.15, -0.1) is 0 Å². The molecule has 1 amide bonds. The maximum absolute atomic E-state index is 11.8. The largest absolute Gasteiger partial charge is 0.315 e. The second-order valence-corrected chi connectivity index (χ2v) is 6.82. The number of amides is 1. The summed E-state index contributed by atoms with van der Waals surface area (Å²) >= 11 is 0. The standard InChI is InChI=1S/C22H16N4O4/c27-15-22(28)24-20-14-26(18-9-11-23-12-10-18,21-4-2-1-3-19(20)21)13-16-5-7-17(8-6-16)25(29)30/h1-12,14-15H,13H2/p+1. The average molecular weight is 401 g/mol. The second-order valence-electron chi connectivity index (χ2n) is 6.82. The lowest BCUT2D eigenvalue weighted by atomic mass is 10.1. The Balaban J connectivity index is 1.87. The van der Waals surface area contributed by atoms with E-state index >= 15 is 0 Å². The number of carbonyl (C=O) groups excluding carboxylic acids is 2. The van der Waals surface area contributed by atoms with Crippen LogP contribution in [0.25, 0.3) is 5.70 Å². The van der Waals surface area contributed by atoms with E-state index in [0.29, 0.717) is 12.2 Å². The van der Waals surface area contributed by atoms with Gasteiger partial charge in [-0.3, -0.25) is 24.7 Å². The number of para-hydroxylation sites is 1. The molecular weight excluding hydrogens is 384 g/mol. The molecule has 3 aromatic rings. The van der Waals surface area contributed by atoms with Gasteiger partial charge < -0.3 is 5.32 Å². The maximum Gasteiger partial charge on any atom is 0.288 e. The summed E-state index contributed by atoms with van der Waals surface area (Å²) in [6, 6.07) is 17.7. The van der Waals surface area contributed by atoms with Crippen molar-refractivity contribution in [2.24, 2.45) is 0 Å². The zero-order valence-electron chi connectivity index (χ0n) is 15.8. The number of rotatable bonds is 6. The molecule has 1 unspecified atom stereocenters. The van der Waals surface area contributed by atoms with E-state index in [1.807, 2.05) is 42.6 Å². The molecule has 1 aliphatic heterocycles. The van der Waals surface area contributed by atoms with Gasteiger partial charge in [-0.05, 0) is 18.2 Å². The first-order valence-electron chi connectivity index (χ1n) is 9.14. The van der Waals surface area contributed by atoms with Crippen LogP contribution in [-0.2, 0) is 16.1 Å². The molecule has 0 spiro atoms. The quantitative estimate of drug-likeness (QED) is 0.224. The second kappa shape index (κ2) is 7.69. The van der Waals surface area contributed by atoms with Gasteiger partial charge in [-0.2, -0.15) is 0 Å². The molecule has 2 heterocycles. The van der Waals surface area contributed by atoms with E-state index in [0.717, 1.165) is 22.5 Å². The monoisotopic (exact) mass is 401 g/mol. The van der Waals surface area contributed by atoms with E-state index in [1.54, 1.807) is 24.5 Å². The first-order chi connectivity index (χ1) is 14.5. The Labute approximate surface area is 171 Å². The first-order valence-corrected chi connectivity index (χ1v) is 9.14. The Hall–Kier alpha value is -4.17. The summed E-state index contributed by atoms with van der Waals surface area (Å²) in [5, 5.41) is 13.6. The van der Waals surface area contributed by atoms with Gasteiger partial charge in [0.25, 0.3) is 11.6 Å². The molecule has 4 rings (SSSR count). The minimum atomic E-state index is -0.735. The molecule has 0 bridgehead atoms. The lowest BCUT2D eigenvalue weighted by Crippen LogP contribution is -2.36. The van der Waals surface area contributed by atoms with Gasteiger partial charge in [-0.25, -0.2) is 4.48 Å². The van der Waals surface area contributed by atoms with Gasteiger partial charge in [0.1, 0.15) is 24.1 Å². The van der Waals surface area contributed by atoms with Gasteiger partial charge in [0.2, 0.25) is 6.29 Å². The van der Waals surface area contributed by atoms with Crippen LogP contribution in [0.15, 0.2) is 79.3 Å². The topological polar surface area (TPSA) is 102 Å². The van der Waals surface area contributed by atoms with Gasteiger partial charge >= 0.3 is 0 Å². The van der Waals surface area contributed by atoms with Crippen molar-refractivity contribution in [3.8, 4) is 0 Å². The van der Waals surface area contributed by atoms with Crippen molar-refractivity contribution in [3.63, 3.8) is 0 Å². The number of fused-ring (bicyclic) bond motifs is 1. The summed E-state index contributed by atoms with van der Waals surface area (Å²) in [4.78, 5) is 37.4. The van der Waals surface area contributed by atoms with Gasteiger partial charge in [0.05, 0.1) is 10.5 Å². The average Bonchev–Trinajstić information content (AvgIpc) is 3.09. The first kappa shape index (κ1) is 19.2. The summed E-state index contributed by atoms with van der Waals surface area (Å²) in [5.41, 5.74) is 4.01. The third kappa shape index (κ3) is 3.36. The lowest BCUT2D eigenvalue weighted by Gasteiger charge is -2.31. The van der Waals surface area contributed by atoms with Gasteiger partial charge in [-0.1, -0.05) is 12.1 Å². The normalized spacial score (nSPS) is 17.0. The lowest BCUT2D eigenvalue weighted by molar-refractivity contribution is -0.384. The van der Waals surface area contributed by atoms with Crippen molar-refractivity contribution in [3.05, 3.63) is 100 Å². The predicted octanol–water partition coefficient (Wildman–Crippen LogP) is 3.46. The SMILES string of the molecule is O=CC(=O)NC1=C[N+](Cc2ccc([N+](=O)[O-])cc2)(c2ccncc2)c2ccccc21. The fourth-order valence-corrected chi connectivity index (χ4v) is 3.73. The number of benzene rings is 2. The van der Waals surface area contributed by atoms with Gasteiger partial charge in [0.15, 0.2) is 5.69 Å². The summed E-state index contributed by atoms with van der Waals surface area (Å²) in [5.74, 6) is -0.735. The van der Waals surface area contributed by atoms with Crippen molar-refractivity contribution < 1.29 is 14.5 Å². The van der Waals surface area contributed by atoms with Crippen molar-refractivity contribution in [2.75, 3.05) is 0 Å². The molecule has 0 radical (unpaired) electrons. The summed E-state index contributed by atoms with van der Waals surface area (Å²) in [6.07, 6.45) is 5.48. The third-order valence-electron chi connectivity index (χ3n) is 5.04. The van der Waals surface area contributed by atoms with Crippen LogP contribution >= 0.6 is 0 Å². The van der Waals surface area contributed by atoms with Crippen molar-refractivity contribution in [2.45, 2.75) is 6.54 Å². The number of pyridine rings is 1. The highest BCUT2D eigenvalue weighted by molar-refractivity contribution is 6.26. The van der Waals surface area contributed by atoms with Crippen LogP contribution < -0.4 is 9.80 Å². The van der Waals surface area contributed by atoms with E-state index in [1.165, 1.54) is 12.1 Å². The van der Waals surface area contributed by atoms with E-state index in [-0.39, 0.29) is 16.5 Å². The highest BCUT2D eigenvalue weighted by atomic mass is 16.6. The number of nitro benzene ring substituents is 1. The Morgan fingerprint density at radius 3 is 2.43 bits per heavy atom. The van der Waals surface area contributed by atoms with Crippen LogP contribution in [0.5, 0.6) is 0 Å². The number of nitro groups is 1. The minimum Gasteiger partial charge on any atom is -0.315 e. The van der Waals surface area contributed by atoms with E-state index in [2.05, 4.69) is 10.3 Å². The Kier molecular flexibility index (Phi) is 4.91. The molecule has 1 aliphatic rings. The molecule has 1 atom stereocenters. The molecule has 8 nitrogen and oxygen atoms in total. The highest BCUT2D eigenvalue weighted by Gasteiger charge is 2.41. The molecule has 8 heteroatoms. The molecule has 0 aliphatic carbocycles. The molecule has 0 fully saturated rings. The number of hydrogen-bond acceptors (Lipinski definition) is 5. The maximum atomic E-state index is 11.8. The summed E-state index contributed by atoms with van der Waals surface area (Å²) in [6.45, 7) is 0.444. The molecule has 0 saturated carbocycles. The van der Waals surface area contributed by atoms with E-state index in [4.69, 9.17) is 0 Å². The summed E-state index contributed by atoms with van der Waals surface area (Å²) in [7, 11) is 0. The van der Waals surface area contributed by atoms with Crippen LogP contribution in [0.2, 0.25) is 0 Å². The van der Waals surface area contributed by atoms with Crippen molar-refractivity contribution in [1.82, 2.24) is 14.8 Å². The minimum absolute atomic E-state index is 0.0190. The third-order valence-corrected chi connectivity index (χ3v) is 5.04. The fourth-order valence-electron chi connectivity index (χ4n) is 3.73. The molecular formula is C22H17N4O4+. The van der Waals surface area contributed by atoms with Gasteiger partial charge in [0, 0.05) is 48.3 Å². The van der Waals surface area contributed by atoms with Crippen LogP contribution in [-0.4, -0.2) is 22.1 Å². The number of aldehydes is 1. The molecule has 148 valence electrons. The van der Waals surface area contributed by atoms with Crippen LogP contribution in [0.3, 0.4) is 0 Å². The molecule has 0 saturated heterocycles. The zero-order valence-corrected chi connectivity index (χ0v) is 15.8. The van der Waals surface area contributed by atoms with Crippen molar-refractivity contribution in [1.29, 1.82) is 0 Å². The smallest absolute Gasteiger partial charge is 0.288 e. The fraction of sp³-hybridized carbons (Fsp3) is 0.0455. The number of non-ortho nitro benzene ring substituents is 1. The van der Waals surface area contributed by atoms with Crippen LogP contribution in [0, 0.1) is 10.1 Å². The Bertz CT molecular complexity index is 1160. The van der Waals surface area contributed by atoms with E-state index in [9.17, 15) is 19.7 Å². The molecule has 30 heavy (non-hydrogen) atoms. The van der Waals surface area contributed by atoms with Crippen molar-refractivity contribution >= 4 is 35.0 Å². The van der Waals surface area contributed by atoms with Crippen LogP contribution in [0.1, 0.15) is 11.1 Å². The number of aromatic nitrogens is 1. The highest BCUT2D eigenvalue weighted by Crippen LogP contribution is 2.46. The molecule has 1 N–H and O–H groups in total. The number of carbonyl (C=O) groups is 2. The number of quaternary nitrogens is 1. The number of hydrogen-bond donors (Lipinski definition) is 1. The molecule has 1 aromatic heterocycles.